The van der Waals surface area contributed by atoms with Crippen molar-refractivity contribution in [3.05, 3.63) is 16.4 Å². The normalized spacial score (nSPS) is 20.8. The van der Waals surface area contributed by atoms with E-state index < -0.39 is 0 Å². The van der Waals surface area contributed by atoms with Crippen molar-refractivity contribution >= 4 is 21.7 Å². The predicted octanol–water partition coefficient (Wildman–Crippen LogP) is 1.93. The van der Waals surface area contributed by atoms with Gasteiger partial charge in [-0.05, 0) is 28.8 Å². The SMILES string of the molecule is Cn1ncc(Br)c1C(=O)CC1CCCO1. The Hall–Kier alpha value is -0.680. The van der Waals surface area contributed by atoms with E-state index >= 15 is 0 Å². The first kappa shape index (κ1) is 10.8. The molecule has 2 heterocycles. The summed E-state index contributed by atoms with van der Waals surface area (Å²) in [5.74, 6) is 0.0915. The van der Waals surface area contributed by atoms with Crippen LogP contribution in [-0.4, -0.2) is 28.3 Å². The molecule has 0 bridgehead atoms. The number of nitrogens with zero attached hydrogens (tertiary/aromatic N) is 2. The van der Waals surface area contributed by atoms with Crippen LogP contribution in [0.2, 0.25) is 0 Å². The fourth-order valence-electron chi connectivity index (χ4n) is 1.83. The Kier molecular flexibility index (Phi) is 3.21. The van der Waals surface area contributed by atoms with Crippen LogP contribution in [0.4, 0.5) is 0 Å². The van der Waals surface area contributed by atoms with Crippen molar-refractivity contribution in [3.63, 3.8) is 0 Å². The molecule has 0 radical (unpaired) electrons. The monoisotopic (exact) mass is 272 g/mol. The molecule has 0 N–H and O–H groups in total. The highest BCUT2D eigenvalue weighted by Crippen LogP contribution is 2.21. The largest absolute Gasteiger partial charge is 0.378 e. The van der Waals surface area contributed by atoms with E-state index in [-0.39, 0.29) is 11.9 Å². The molecule has 1 aliphatic rings. The van der Waals surface area contributed by atoms with Gasteiger partial charge in [0.1, 0.15) is 5.69 Å². The maximum atomic E-state index is 11.9. The van der Waals surface area contributed by atoms with Crippen molar-refractivity contribution in [2.24, 2.45) is 7.05 Å². The summed E-state index contributed by atoms with van der Waals surface area (Å²) in [6.45, 7) is 0.782. The molecule has 4 nitrogen and oxygen atoms in total. The number of ketones is 1. The Bertz CT molecular complexity index is 350. The molecule has 0 amide bonds. The lowest BCUT2D eigenvalue weighted by Crippen LogP contribution is -2.15. The summed E-state index contributed by atoms with van der Waals surface area (Å²) in [6, 6.07) is 0. The number of ether oxygens (including phenoxy) is 1. The highest BCUT2D eigenvalue weighted by Gasteiger charge is 2.23. The Labute approximate surface area is 96.7 Å². The molecule has 2 rings (SSSR count). The third kappa shape index (κ3) is 2.29. The molecule has 1 unspecified atom stereocenters. The van der Waals surface area contributed by atoms with Crippen molar-refractivity contribution < 1.29 is 9.53 Å². The second-order valence-electron chi connectivity index (χ2n) is 3.73. The lowest BCUT2D eigenvalue weighted by molar-refractivity contribution is 0.0767. The summed E-state index contributed by atoms with van der Waals surface area (Å²) in [4.78, 5) is 11.9. The molecule has 15 heavy (non-hydrogen) atoms. The van der Waals surface area contributed by atoms with E-state index in [9.17, 15) is 4.79 Å². The summed E-state index contributed by atoms with van der Waals surface area (Å²) < 4.78 is 7.79. The van der Waals surface area contributed by atoms with Crippen molar-refractivity contribution in [2.75, 3.05) is 6.61 Å². The van der Waals surface area contributed by atoms with Gasteiger partial charge in [0, 0.05) is 20.1 Å². The molecule has 1 fully saturated rings. The molecule has 5 heteroatoms. The van der Waals surface area contributed by atoms with E-state index in [1.165, 1.54) is 0 Å². The molecule has 1 aromatic heterocycles. The number of rotatable bonds is 3. The standard InChI is InChI=1S/C10H13BrN2O2/c1-13-10(8(11)6-12-13)9(14)5-7-3-2-4-15-7/h6-7H,2-5H2,1H3. The summed E-state index contributed by atoms with van der Waals surface area (Å²) >= 11 is 3.32. The van der Waals surface area contributed by atoms with Gasteiger partial charge in [-0.25, -0.2) is 0 Å². The Balaban J connectivity index is 2.07. The van der Waals surface area contributed by atoms with Gasteiger partial charge in [-0.2, -0.15) is 5.10 Å². The Morgan fingerprint density at radius 3 is 3.13 bits per heavy atom. The number of carbonyl (C=O) groups is 1. The van der Waals surface area contributed by atoms with Crippen LogP contribution < -0.4 is 0 Å². The molecule has 0 saturated carbocycles. The molecule has 1 saturated heterocycles. The van der Waals surface area contributed by atoms with E-state index in [2.05, 4.69) is 21.0 Å². The minimum Gasteiger partial charge on any atom is -0.378 e. The summed E-state index contributed by atoms with van der Waals surface area (Å²) in [6.07, 6.45) is 4.24. The van der Waals surface area contributed by atoms with E-state index in [1.54, 1.807) is 17.9 Å². The zero-order chi connectivity index (χ0) is 10.8. The second kappa shape index (κ2) is 4.45. The van der Waals surface area contributed by atoms with Crippen molar-refractivity contribution in [3.8, 4) is 0 Å². The zero-order valence-electron chi connectivity index (χ0n) is 8.57. The molecule has 82 valence electrons. The van der Waals surface area contributed by atoms with Crippen LogP contribution >= 0.6 is 15.9 Å². The number of aromatic nitrogens is 2. The van der Waals surface area contributed by atoms with E-state index in [0.717, 1.165) is 23.9 Å². The van der Waals surface area contributed by atoms with E-state index in [0.29, 0.717) is 12.1 Å². The highest BCUT2D eigenvalue weighted by atomic mass is 79.9. The van der Waals surface area contributed by atoms with E-state index in [4.69, 9.17) is 4.74 Å². The third-order valence-corrected chi connectivity index (χ3v) is 3.18. The average Bonchev–Trinajstić information content (AvgIpc) is 2.77. The fraction of sp³-hybridized carbons (Fsp3) is 0.600. The number of aryl methyl sites for hydroxylation is 1. The van der Waals surface area contributed by atoms with Gasteiger partial charge in [0.15, 0.2) is 5.78 Å². The molecule has 1 aliphatic heterocycles. The maximum Gasteiger partial charge on any atom is 0.184 e. The highest BCUT2D eigenvalue weighted by molar-refractivity contribution is 9.10. The Morgan fingerprint density at radius 2 is 2.60 bits per heavy atom. The molecule has 1 atom stereocenters. The number of halogens is 1. The number of Topliss-reactive ketones (excluding diaryl/α,β-unsaturated/α-hetero) is 1. The molecule has 0 aliphatic carbocycles. The van der Waals surface area contributed by atoms with Gasteiger partial charge in [0.05, 0.1) is 16.8 Å². The van der Waals surface area contributed by atoms with Gasteiger partial charge in [0.2, 0.25) is 0 Å². The number of hydrogen-bond donors (Lipinski definition) is 0. The first-order valence-corrected chi connectivity index (χ1v) is 5.80. The molecule has 0 spiro atoms. The summed E-state index contributed by atoms with van der Waals surface area (Å²) in [5.41, 5.74) is 0.630. The predicted molar refractivity (Wildman–Crippen MR) is 58.8 cm³/mol. The minimum atomic E-state index is 0.0915. The maximum absolute atomic E-state index is 11.9. The smallest absolute Gasteiger partial charge is 0.184 e. The number of hydrogen-bond acceptors (Lipinski definition) is 3. The minimum absolute atomic E-state index is 0.0915. The van der Waals surface area contributed by atoms with Gasteiger partial charge < -0.3 is 4.74 Å². The van der Waals surface area contributed by atoms with Crippen molar-refractivity contribution in [1.82, 2.24) is 9.78 Å². The Morgan fingerprint density at radius 1 is 1.80 bits per heavy atom. The molecule has 1 aromatic rings. The molecular weight excluding hydrogens is 260 g/mol. The topological polar surface area (TPSA) is 44.1 Å². The third-order valence-electron chi connectivity index (χ3n) is 2.60. The van der Waals surface area contributed by atoms with Crippen LogP contribution in [0.25, 0.3) is 0 Å². The molecule has 0 aromatic carbocycles. The zero-order valence-corrected chi connectivity index (χ0v) is 10.2. The lowest BCUT2D eigenvalue weighted by Gasteiger charge is -2.08. The van der Waals surface area contributed by atoms with Crippen LogP contribution in [0.1, 0.15) is 29.8 Å². The lowest BCUT2D eigenvalue weighted by atomic mass is 10.1. The van der Waals surface area contributed by atoms with Gasteiger partial charge in [0.25, 0.3) is 0 Å². The van der Waals surface area contributed by atoms with Gasteiger partial charge in [-0.3, -0.25) is 9.48 Å². The summed E-state index contributed by atoms with van der Waals surface area (Å²) in [5, 5.41) is 4.02. The van der Waals surface area contributed by atoms with Crippen LogP contribution in [0.3, 0.4) is 0 Å². The fourth-order valence-corrected chi connectivity index (χ4v) is 2.40. The number of carbonyl (C=O) groups excluding carboxylic acids is 1. The molecular formula is C10H13BrN2O2. The van der Waals surface area contributed by atoms with Crippen LogP contribution in [0.15, 0.2) is 10.7 Å². The van der Waals surface area contributed by atoms with Gasteiger partial charge in [-0.15, -0.1) is 0 Å². The van der Waals surface area contributed by atoms with Crippen LogP contribution in [0.5, 0.6) is 0 Å². The van der Waals surface area contributed by atoms with Gasteiger partial charge in [-0.1, -0.05) is 0 Å². The van der Waals surface area contributed by atoms with E-state index in [1.807, 2.05) is 0 Å². The second-order valence-corrected chi connectivity index (χ2v) is 4.58. The quantitative estimate of drug-likeness (QED) is 0.790. The first-order valence-electron chi connectivity index (χ1n) is 5.01. The summed E-state index contributed by atoms with van der Waals surface area (Å²) in [7, 11) is 1.77. The van der Waals surface area contributed by atoms with Crippen molar-refractivity contribution in [2.45, 2.75) is 25.4 Å². The first-order chi connectivity index (χ1) is 7.18. The average molecular weight is 273 g/mol. The van der Waals surface area contributed by atoms with Gasteiger partial charge >= 0.3 is 0 Å². The van der Waals surface area contributed by atoms with Crippen LogP contribution in [0, 0.1) is 0 Å². The van der Waals surface area contributed by atoms with Crippen molar-refractivity contribution in [1.29, 1.82) is 0 Å². The van der Waals surface area contributed by atoms with Crippen LogP contribution in [-0.2, 0) is 11.8 Å².